The summed E-state index contributed by atoms with van der Waals surface area (Å²) in [5, 5.41) is 0. The predicted octanol–water partition coefficient (Wildman–Crippen LogP) is 7.63. The molecule has 0 radical (unpaired) electrons. The van der Waals surface area contributed by atoms with E-state index in [-0.39, 0.29) is 5.41 Å². The van der Waals surface area contributed by atoms with Crippen molar-refractivity contribution in [1.82, 2.24) is 4.90 Å². The highest BCUT2D eigenvalue weighted by molar-refractivity contribution is 5.78. The molecule has 1 fully saturated rings. The molecule has 4 rings (SSSR count). The van der Waals surface area contributed by atoms with E-state index >= 15 is 0 Å². The quantitative estimate of drug-likeness (QED) is 0.385. The lowest BCUT2D eigenvalue weighted by atomic mass is 9.72. The molecule has 38 heavy (non-hydrogen) atoms. The lowest BCUT2D eigenvalue weighted by Crippen LogP contribution is -2.35. The van der Waals surface area contributed by atoms with Crippen LogP contribution in [0.5, 0.6) is 5.75 Å². The lowest BCUT2D eigenvalue weighted by Gasteiger charge is -2.36. The van der Waals surface area contributed by atoms with Gasteiger partial charge >= 0.3 is 12.3 Å². The van der Waals surface area contributed by atoms with Crippen LogP contribution in [0, 0.1) is 12.3 Å². The fourth-order valence-corrected chi connectivity index (χ4v) is 5.61. The standard InChI is InChI=1S/C30H37F3N2O3/c1-18-12-20(14-22(13-18)30(31,32)33)27-19(2)35(28(36)38-27)17-21-16-29(3,4)11-10-24(21)25-15-23(34(5)6)8-9-26(25)37-7/h8-9,12-15,19,27H,10-11,16-17H2,1-7H3/t19-,27-/m0/s1. The van der Waals surface area contributed by atoms with E-state index < -0.39 is 30.0 Å². The third-order valence-corrected chi connectivity index (χ3v) is 7.70. The number of amides is 1. The number of hydrogen-bond donors (Lipinski definition) is 0. The summed E-state index contributed by atoms with van der Waals surface area (Å²) in [5.74, 6) is 0.775. The van der Waals surface area contributed by atoms with Gasteiger partial charge in [-0.2, -0.15) is 13.2 Å². The Morgan fingerprint density at radius 1 is 1.16 bits per heavy atom. The van der Waals surface area contributed by atoms with Gasteiger partial charge < -0.3 is 14.4 Å². The predicted molar refractivity (Wildman–Crippen MR) is 143 cm³/mol. The highest BCUT2D eigenvalue weighted by Gasteiger charge is 2.42. The number of ether oxygens (including phenoxy) is 2. The van der Waals surface area contributed by atoms with Gasteiger partial charge in [-0.15, -0.1) is 0 Å². The maximum atomic E-state index is 13.5. The van der Waals surface area contributed by atoms with Gasteiger partial charge in [-0.3, -0.25) is 4.90 Å². The maximum Gasteiger partial charge on any atom is 0.416 e. The summed E-state index contributed by atoms with van der Waals surface area (Å²) in [5.41, 5.74) is 4.49. The van der Waals surface area contributed by atoms with Crippen molar-refractivity contribution < 1.29 is 27.4 Å². The van der Waals surface area contributed by atoms with Crippen LogP contribution in [0.2, 0.25) is 0 Å². The van der Waals surface area contributed by atoms with Crippen LogP contribution in [-0.4, -0.2) is 44.8 Å². The minimum atomic E-state index is -4.47. The molecule has 1 heterocycles. The van der Waals surface area contributed by atoms with Crippen LogP contribution in [0.15, 0.2) is 42.0 Å². The molecule has 2 aliphatic rings. The summed E-state index contributed by atoms with van der Waals surface area (Å²) in [6.45, 7) is 8.25. The fraction of sp³-hybridized carbons (Fsp3) is 0.500. The number of halogens is 3. The average Bonchev–Trinajstić information content (AvgIpc) is 3.10. The second-order valence-electron chi connectivity index (χ2n) is 11.5. The van der Waals surface area contributed by atoms with Crippen molar-refractivity contribution in [3.05, 3.63) is 64.2 Å². The monoisotopic (exact) mass is 530 g/mol. The molecule has 1 amide bonds. The van der Waals surface area contributed by atoms with Crippen LogP contribution in [0.25, 0.3) is 5.57 Å². The molecular formula is C30H37F3N2O3. The number of anilines is 1. The van der Waals surface area contributed by atoms with Crippen molar-refractivity contribution in [3.8, 4) is 5.75 Å². The summed E-state index contributed by atoms with van der Waals surface area (Å²) in [4.78, 5) is 16.8. The molecule has 1 aliphatic carbocycles. The SMILES string of the molecule is COc1ccc(N(C)C)cc1C1=C(CN2C(=O)O[C@H](c3cc(C)cc(C(F)(F)F)c3)[C@@H]2C)CC(C)(C)CC1. The summed E-state index contributed by atoms with van der Waals surface area (Å²) in [7, 11) is 5.63. The molecule has 2 aromatic carbocycles. The minimum absolute atomic E-state index is 0.0512. The molecule has 0 bridgehead atoms. The van der Waals surface area contributed by atoms with Gasteiger partial charge in [0.05, 0.1) is 18.7 Å². The number of alkyl halides is 3. The van der Waals surface area contributed by atoms with E-state index in [4.69, 9.17) is 9.47 Å². The Balaban J connectivity index is 1.72. The van der Waals surface area contributed by atoms with Crippen molar-refractivity contribution in [2.75, 3.05) is 32.6 Å². The average molecular weight is 531 g/mol. The van der Waals surface area contributed by atoms with Gasteiger partial charge in [-0.25, -0.2) is 4.79 Å². The molecule has 5 nitrogen and oxygen atoms in total. The maximum absolute atomic E-state index is 13.5. The zero-order chi connectivity index (χ0) is 28.0. The lowest BCUT2D eigenvalue weighted by molar-refractivity contribution is -0.137. The van der Waals surface area contributed by atoms with E-state index in [0.29, 0.717) is 17.7 Å². The van der Waals surface area contributed by atoms with Crippen LogP contribution < -0.4 is 9.64 Å². The van der Waals surface area contributed by atoms with E-state index in [1.807, 2.05) is 38.1 Å². The smallest absolute Gasteiger partial charge is 0.416 e. The molecule has 1 saturated heterocycles. The number of benzene rings is 2. The number of aryl methyl sites for hydroxylation is 1. The van der Waals surface area contributed by atoms with Crippen LogP contribution in [0.4, 0.5) is 23.7 Å². The number of carbonyl (C=O) groups is 1. The Labute approximate surface area is 223 Å². The van der Waals surface area contributed by atoms with E-state index in [1.54, 1.807) is 25.0 Å². The second kappa shape index (κ2) is 10.2. The van der Waals surface area contributed by atoms with E-state index in [1.165, 1.54) is 0 Å². The zero-order valence-electron chi connectivity index (χ0n) is 23.2. The van der Waals surface area contributed by atoms with Crippen molar-refractivity contribution in [2.45, 2.75) is 65.3 Å². The molecule has 1 aliphatic heterocycles. The van der Waals surface area contributed by atoms with Crippen LogP contribution in [0.3, 0.4) is 0 Å². The Morgan fingerprint density at radius 2 is 1.87 bits per heavy atom. The summed E-state index contributed by atoms with van der Waals surface area (Å²) in [6.07, 6.45) is -3.14. The fourth-order valence-electron chi connectivity index (χ4n) is 5.61. The molecule has 0 spiro atoms. The van der Waals surface area contributed by atoms with Gasteiger partial charge in [0.1, 0.15) is 11.9 Å². The third kappa shape index (κ3) is 5.64. The first-order valence-electron chi connectivity index (χ1n) is 12.9. The Hall–Kier alpha value is -3.16. The molecule has 8 heteroatoms. The highest BCUT2D eigenvalue weighted by atomic mass is 19.4. The largest absolute Gasteiger partial charge is 0.496 e. The first kappa shape index (κ1) is 27.9. The molecule has 0 aromatic heterocycles. The Bertz CT molecular complexity index is 1250. The van der Waals surface area contributed by atoms with Crippen molar-refractivity contribution in [1.29, 1.82) is 0 Å². The Morgan fingerprint density at radius 3 is 2.50 bits per heavy atom. The second-order valence-corrected chi connectivity index (χ2v) is 11.5. The number of carbonyl (C=O) groups excluding carboxylic acids is 1. The first-order valence-corrected chi connectivity index (χ1v) is 12.9. The summed E-state index contributed by atoms with van der Waals surface area (Å²) in [6, 6.07) is 9.53. The molecule has 0 unspecified atom stereocenters. The molecule has 2 atom stereocenters. The third-order valence-electron chi connectivity index (χ3n) is 7.70. The van der Waals surface area contributed by atoms with Gasteiger partial charge in [0.15, 0.2) is 0 Å². The topological polar surface area (TPSA) is 42.0 Å². The number of nitrogens with zero attached hydrogens (tertiary/aromatic N) is 2. The van der Waals surface area contributed by atoms with Gasteiger partial charge in [0, 0.05) is 31.9 Å². The molecule has 0 saturated carbocycles. The summed E-state index contributed by atoms with van der Waals surface area (Å²) >= 11 is 0. The Kier molecular flexibility index (Phi) is 7.47. The van der Waals surface area contributed by atoms with E-state index in [9.17, 15) is 18.0 Å². The normalized spacial score (nSPS) is 21.5. The first-order chi connectivity index (χ1) is 17.7. The van der Waals surface area contributed by atoms with Crippen LogP contribution in [-0.2, 0) is 10.9 Å². The van der Waals surface area contributed by atoms with Gasteiger partial charge in [-0.1, -0.05) is 25.5 Å². The van der Waals surface area contributed by atoms with Crippen LogP contribution >= 0.6 is 0 Å². The highest BCUT2D eigenvalue weighted by Crippen LogP contribution is 2.46. The molecule has 206 valence electrons. The zero-order valence-corrected chi connectivity index (χ0v) is 23.2. The number of cyclic esters (lactones) is 1. The van der Waals surface area contributed by atoms with E-state index in [0.717, 1.165) is 59.5 Å². The van der Waals surface area contributed by atoms with Crippen molar-refractivity contribution >= 4 is 17.4 Å². The van der Waals surface area contributed by atoms with Gasteiger partial charge in [0.2, 0.25) is 0 Å². The van der Waals surface area contributed by atoms with Crippen LogP contribution in [0.1, 0.15) is 68.4 Å². The number of methoxy groups -OCH3 is 1. The molecular weight excluding hydrogens is 493 g/mol. The number of rotatable bonds is 6. The molecule has 0 N–H and O–H groups in total. The van der Waals surface area contributed by atoms with Gasteiger partial charge in [-0.05, 0) is 85.6 Å². The van der Waals surface area contributed by atoms with Crippen molar-refractivity contribution in [3.63, 3.8) is 0 Å². The number of allylic oxidation sites excluding steroid dienone is 1. The minimum Gasteiger partial charge on any atom is -0.496 e. The number of hydrogen-bond acceptors (Lipinski definition) is 4. The van der Waals surface area contributed by atoms with E-state index in [2.05, 4.69) is 19.9 Å². The van der Waals surface area contributed by atoms with Gasteiger partial charge in [0.25, 0.3) is 0 Å². The summed E-state index contributed by atoms with van der Waals surface area (Å²) < 4.78 is 51.8. The van der Waals surface area contributed by atoms with Crippen molar-refractivity contribution in [2.24, 2.45) is 5.41 Å². The molecule has 2 aromatic rings.